The van der Waals surface area contributed by atoms with Gasteiger partial charge in [-0.3, -0.25) is 19.2 Å². The minimum Gasteiger partial charge on any atom is -0.343 e. The summed E-state index contributed by atoms with van der Waals surface area (Å²) in [4.78, 5) is 54.6. The Bertz CT molecular complexity index is 601. The third kappa shape index (κ3) is 7.01. The molecule has 1 fully saturated rings. The third-order valence-corrected chi connectivity index (χ3v) is 5.64. The second-order valence-corrected chi connectivity index (χ2v) is 8.52. The van der Waals surface area contributed by atoms with Gasteiger partial charge in [0.1, 0.15) is 18.1 Å². The number of carbonyl (C=O) groups excluding carboxylic acids is 4. The van der Waals surface area contributed by atoms with E-state index in [9.17, 15) is 19.2 Å². The van der Waals surface area contributed by atoms with Crippen molar-refractivity contribution >= 4 is 23.6 Å². The van der Waals surface area contributed by atoms with Gasteiger partial charge in [0.05, 0.1) is 0 Å². The molecule has 1 heterocycles. The highest BCUT2D eigenvalue weighted by Gasteiger charge is 2.34. The molecule has 4 amide bonds. The van der Waals surface area contributed by atoms with Gasteiger partial charge in [-0.1, -0.05) is 13.8 Å². The summed E-state index contributed by atoms with van der Waals surface area (Å²) in [5.74, 6) is -0.775. The Morgan fingerprint density at radius 1 is 0.931 bits per heavy atom. The molecule has 1 unspecified atom stereocenters. The third-order valence-electron chi connectivity index (χ3n) is 5.64. The number of hydrogen-bond donors (Lipinski definition) is 1. The van der Waals surface area contributed by atoms with Crippen molar-refractivity contribution in [3.8, 4) is 0 Å². The second-order valence-electron chi connectivity index (χ2n) is 8.52. The van der Waals surface area contributed by atoms with Gasteiger partial charge in [0, 0.05) is 34.1 Å². The zero-order valence-corrected chi connectivity index (χ0v) is 19.0. The van der Waals surface area contributed by atoms with Crippen LogP contribution in [0.1, 0.15) is 60.3 Å². The van der Waals surface area contributed by atoms with Crippen LogP contribution in [0.25, 0.3) is 0 Å². The normalized spacial score (nSPS) is 17.3. The molecule has 8 heteroatoms. The average Bonchev–Trinajstić information content (AvgIpc) is 2.69. The number of likely N-dealkylation sites (N-methyl/N-ethyl adjacent to an activating group) is 2. The molecule has 8 nitrogen and oxygen atoms in total. The van der Waals surface area contributed by atoms with Crippen LogP contribution < -0.4 is 5.32 Å². The minimum absolute atomic E-state index is 0.0833. The maximum absolute atomic E-state index is 13.0. The number of nitrogens with zero attached hydrogens (tertiary/aromatic N) is 3. The van der Waals surface area contributed by atoms with Gasteiger partial charge in [-0.2, -0.15) is 0 Å². The van der Waals surface area contributed by atoms with E-state index in [0.717, 1.165) is 32.4 Å². The van der Waals surface area contributed by atoms with Crippen molar-refractivity contribution in [1.29, 1.82) is 0 Å². The summed E-state index contributed by atoms with van der Waals surface area (Å²) >= 11 is 0. The lowest BCUT2D eigenvalue weighted by Crippen LogP contribution is -2.57. The van der Waals surface area contributed by atoms with Crippen LogP contribution in [0.5, 0.6) is 0 Å². The first-order valence-corrected chi connectivity index (χ1v) is 10.6. The van der Waals surface area contributed by atoms with Crippen molar-refractivity contribution in [2.45, 2.75) is 78.4 Å². The zero-order chi connectivity index (χ0) is 22.3. The quantitative estimate of drug-likeness (QED) is 0.652. The molecule has 0 saturated carbocycles. The standard InChI is InChI=1S/C21H38N4O4/c1-14(2)13-18(24(7)21(29)16(4)23(6)17(5)26)19(27)22-15(3)20(28)25-11-9-8-10-12-25/h14-16,18H,8-13H2,1-7H3,(H,22,27)/t15-,16-,18?/m0/s1. The first kappa shape index (κ1) is 24.9. The molecule has 0 radical (unpaired) electrons. The van der Waals surface area contributed by atoms with Crippen LogP contribution in [0, 0.1) is 5.92 Å². The van der Waals surface area contributed by atoms with E-state index >= 15 is 0 Å². The van der Waals surface area contributed by atoms with E-state index in [1.807, 2.05) is 13.8 Å². The zero-order valence-electron chi connectivity index (χ0n) is 19.0. The number of piperidine rings is 1. The fourth-order valence-corrected chi connectivity index (χ4v) is 3.53. The van der Waals surface area contributed by atoms with Crippen molar-refractivity contribution in [2.75, 3.05) is 27.2 Å². The van der Waals surface area contributed by atoms with Crippen molar-refractivity contribution in [2.24, 2.45) is 5.92 Å². The fraction of sp³-hybridized carbons (Fsp3) is 0.810. The molecule has 166 valence electrons. The van der Waals surface area contributed by atoms with Gasteiger partial charge in [-0.25, -0.2) is 0 Å². The average molecular weight is 411 g/mol. The largest absolute Gasteiger partial charge is 0.343 e. The smallest absolute Gasteiger partial charge is 0.245 e. The second kappa shape index (κ2) is 11.2. The van der Waals surface area contributed by atoms with Crippen LogP contribution in [-0.2, 0) is 19.2 Å². The Labute approximate surface area is 175 Å². The molecule has 0 aliphatic carbocycles. The van der Waals surface area contributed by atoms with Crippen molar-refractivity contribution < 1.29 is 19.2 Å². The number of rotatable bonds is 8. The number of amides is 4. The van der Waals surface area contributed by atoms with Gasteiger partial charge in [0.2, 0.25) is 23.6 Å². The summed E-state index contributed by atoms with van der Waals surface area (Å²) in [5.41, 5.74) is 0. The Kier molecular flexibility index (Phi) is 9.59. The molecule has 1 aliphatic rings. The molecule has 0 bridgehead atoms. The Balaban J connectivity index is 2.86. The van der Waals surface area contributed by atoms with Crippen LogP contribution in [0.4, 0.5) is 0 Å². The topological polar surface area (TPSA) is 90.0 Å². The maximum atomic E-state index is 13.0. The van der Waals surface area contributed by atoms with Crippen LogP contribution in [0.2, 0.25) is 0 Å². The van der Waals surface area contributed by atoms with E-state index in [2.05, 4.69) is 5.32 Å². The van der Waals surface area contributed by atoms with E-state index in [0.29, 0.717) is 6.42 Å². The Morgan fingerprint density at radius 2 is 1.48 bits per heavy atom. The number of carbonyl (C=O) groups is 4. The SMILES string of the molecule is CC(=O)N(C)[C@@H](C)C(=O)N(C)C(CC(C)C)C(=O)N[C@@H](C)C(=O)N1CCCCC1. The molecule has 0 spiro atoms. The number of hydrogen-bond acceptors (Lipinski definition) is 4. The maximum Gasteiger partial charge on any atom is 0.245 e. The lowest BCUT2D eigenvalue weighted by atomic mass is 10.0. The first-order valence-electron chi connectivity index (χ1n) is 10.6. The molecule has 0 aromatic rings. The Morgan fingerprint density at radius 3 is 1.97 bits per heavy atom. The van der Waals surface area contributed by atoms with Crippen molar-refractivity contribution in [1.82, 2.24) is 20.0 Å². The minimum atomic E-state index is -0.707. The van der Waals surface area contributed by atoms with E-state index in [-0.39, 0.29) is 29.5 Å². The molecule has 1 N–H and O–H groups in total. The summed E-state index contributed by atoms with van der Waals surface area (Å²) in [6.45, 7) is 10.1. The van der Waals surface area contributed by atoms with Gasteiger partial charge in [-0.15, -0.1) is 0 Å². The van der Waals surface area contributed by atoms with Gasteiger partial charge < -0.3 is 20.0 Å². The molecule has 1 aliphatic heterocycles. The molecule has 0 aromatic heterocycles. The van der Waals surface area contributed by atoms with E-state index in [4.69, 9.17) is 0 Å². The van der Waals surface area contributed by atoms with Crippen LogP contribution >= 0.6 is 0 Å². The Hall–Kier alpha value is -2.12. The lowest BCUT2D eigenvalue weighted by Gasteiger charge is -2.34. The molecule has 3 atom stereocenters. The predicted octanol–water partition coefficient (Wildman–Crippen LogP) is 1.24. The fourth-order valence-electron chi connectivity index (χ4n) is 3.53. The highest BCUT2D eigenvalue weighted by atomic mass is 16.2. The number of likely N-dealkylation sites (tertiary alicyclic amines) is 1. The molecular formula is C21H38N4O4. The van der Waals surface area contributed by atoms with E-state index in [1.54, 1.807) is 32.8 Å². The van der Waals surface area contributed by atoms with E-state index < -0.39 is 18.1 Å². The molecule has 0 aromatic carbocycles. The first-order chi connectivity index (χ1) is 13.5. The molecule has 29 heavy (non-hydrogen) atoms. The molecule has 1 rings (SSSR count). The summed E-state index contributed by atoms with van der Waals surface area (Å²) in [5, 5.41) is 2.80. The van der Waals surface area contributed by atoms with Gasteiger partial charge in [0.25, 0.3) is 0 Å². The summed E-state index contributed by atoms with van der Waals surface area (Å²) in [6, 6.07) is -2.02. The lowest BCUT2D eigenvalue weighted by molar-refractivity contribution is -0.147. The summed E-state index contributed by atoms with van der Waals surface area (Å²) < 4.78 is 0. The highest BCUT2D eigenvalue weighted by molar-refractivity contribution is 5.93. The van der Waals surface area contributed by atoms with Gasteiger partial charge >= 0.3 is 0 Å². The monoisotopic (exact) mass is 410 g/mol. The van der Waals surface area contributed by atoms with Crippen LogP contribution in [0.3, 0.4) is 0 Å². The highest BCUT2D eigenvalue weighted by Crippen LogP contribution is 2.15. The number of nitrogens with one attached hydrogen (secondary N) is 1. The summed E-state index contributed by atoms with van der Waals surface area (Å²) in [6.07, 6.45) is 3.57. The molecule has 1 saturated heterocycles. The van der Waals surface area contributed by atoms with Gasteiger partial charge in [-0.05, 0) is 45.4 Å². The van der Waals surface area contributed by atoms with Crippen LogP contribution in [0.15, 0.2) is 0 Å². The van der Waals surface area contributed by atoms with Gasteiger partial charge in [0.15, 0.2) is 0 Å². The summed E-state index contributed by atoms with van der Waals surface area (Å²) in [7, 11) is 3.15. The van der Waals surface area contributed by atoms with Crippen molar-refractivity contribution in [3.63, 3.8) is 0 Å². The predicted molar refractivity (Wildman–Crippen MR) is 112 cm³/mol. The van der Waals surface area contributed by atoms with Crippen molar-refractivity contribution in [3.05, 3.63) is 0 Å². The molecular weight excluding hydrogens is 372 g/mol. The van der Waals surface area contributed by atoms with Crippen LogP contribution in [-0.4, -0.2) is 83.6 Å². The van der Waals surface area contributed by atoms with E-state index in [1.165, 1.54) is 16.7 Å².